The minimum absolute atomic E-state index is 0.204. The normalized spacial score (nSPS) is 10.9. The molecule has 6 heteroatoms. The summed E-state index contributed by atoms with van der Waals surface area (Å²) in [5.74, 6) is -0.115. The van der Waals surface area contributed by atoms with E-state index in [-0.39, 0.29) is 11.0 Å². The summed E-state index contributed by atoms with van der Waals surface area (Å²) in [6.45, 7) is 2.02. The minimum Gasteiger partial charge on any atom is -0.436 e. The summed E-state index contributed by atoms with van der Waals surface area (Å²) in [5, 5.41) is 6.17. The molecule has 5 rings (SSSR count). The molecule has 0 aliphatic heterocycles. The van der Waals surface area contributed by atoms with Crippen LogP contribution in [0.1, 0.15) is 22.6 Å². The van der Waals surface area contributed by atoms with E-state index in [1.807, 2.05) is 110 Å². The first-order valence-electron chi connectivity index (χ1n) is 11.3. The second-order valence-corrected chi connectivity index (χ2v) is 8.62. The molecule has 5 nitrogen and oxygen atoms in total. The predicted molar refractivity (Wildman–Crippen MR) is 143 cm³/mol. The van der Waals surface area contributed by atoms with E-state index in [4.69, 9.17) is 16.6 Å². The van der Waals surface area contributed by atoms with E-state index < -0.39 is 5.92 Å². The Morgan fingerprint density at radius 2 is 1.49 bits per heavy atom. The third-order valence-corrected chi connectivity index (χ3v) is 5.99. The molecule has 172 valence electrons. The van der Waals surface area contributed by atoms with Crippen molar-refractivity contribution in [1.29, 1.82) is 0 Å². The maximum absolute atomic E-state index is 13.3. The highest BCUT2D eigenvalue weighted by Crippen LogP contribution is 2.28. The van der Waals surface area contributed by atoms with E-state index in [9.17, 15) is 4.79 Å². The topological polar surface area (TPSA) is 67.2 Å². The number of hydrogen-bond donors (Lipinski definition) is 2. The molecule has 35 heavy (non-hydrogen) atoms. The number of amides is 1. The summed E-state index contributed by atoms with van der Waals surface area (Å²) >= 11 is 5.47. The molecule has 1 amide bonds. The minimum atomic E-state index is -0.480. The van der Waals surface area contributed by atoms with Gasteiger partial charge in [0, 0.05) is 11.3 Å². The van der Waals surface area contributed by atoms with Crippen LogP contribution in [0.3, 0.4) is 0 Å². The highest BCUT2D eigenvalue weighted by molar-refractivity contribution is 7.80. The van der Waals surface area contributed by atoms with Crippen LogP contribution in [0.2, 0.25) is 0 Å². The summed E-state index contributed by atoms with van der Waals surface area (Å²) < 4.78 is 5.95. The predicted octanol–water partition coefficient (Wildman–Crippen LogP) is 6.45. The number of hydrogen-bond acceptors (Lipinski definition) is 4. The van der Waals surface area contributed by atoms with E-state index in [2.05, 4.69) is 15.6 Å². The zero-order valence-electron chi connectivity index (χ0n) is 19.1. The Kier molecular flexibility index (Phi) is 6.37. The summed E-state index contributed by atoms with van der Waals surface area (Å²) in [7, 11) is 0. The van der Waals surface area contributed by atoms with Crippen LogP contribution in [-0.2, 0) is 4.79 Å². The maximum Gasteiger partial charge on any atom is 0.238 e. The molecular weight excluding hydrogens is 454 g/mol. The standard InChI is InChI=1S/C29H23N3O2S/c1-19-10-8-9-15-23(19)28-31-24-18-22(16-17-25(24)34-28)30-29(35)32-27(33)26(20-11-4-2-5-12-20)21-13-6-3-7-14-21/h2-18,26H,1H3,(H2,30,32,33,35). The first-order chi connectivity index (χ1) is 17.1. The average molecular weight is 478 g/mol. The molecule has 2 N–H and O–H groups in total. The van der Waals surface area contributed by atoms with E-state index in [1.54, 1.807) is 0 Å². The van der Waals surface area contributed by atoms with Crippen LogP contribution < -0.4 is 10.6 Å². The van der Waals surface area contributed by atoms with Crippen molar-refractivity contribution in [2.75, 3.05) is 5.32 Å². The lowest BCUT2D eigenvalue weighted by Crippen LogP contribution is -2.37. The van der Waals surface area contributed by atoms with Crippen molar-refractivity contribution >= 4 is 40.0 Å². The number of fused-ring (bicyclic) bond motifs is 1. The lowest BCUT2D eigenvalue weighted by atomic mass is 9.90. The van der Waals surface area contributed by atoms with Gasteiger partial charge in [-0.15, -0.1) is 0 Å². The van der Waals surface area contributed by atoms with E-state index in [0.717, 1.165) is 22.3 Å². The molecular formula is C29H23N3O2S. The van der Waals surface area contributed by atoms with Gasteiger partial charge in [0.25, 0.3) is 0 Å². The van der Waals surface area contributed by atoms with Gasteiger partial charge in [0.1, 0.15) is 5.52 Å². The number of carbonyl (C=O) groups excluding carboxylic acids is 1. The first-order valence-corrected chi connectivity index (χ1v) is 11.7. The third-order valence-electron chi connectivity index (χ3n) is 5.79. The van der Waals surface area contributed by atoms with E-state index in [1.165, 1.54) is 0 Å². The molecule has 0 unspecified atom stereocenters. The fraction of sp³-hybridized carbons (Fsp3) is 0.0690. The second kappa shape index (κ2) is 9.91. The van der Waals surface area contributed by atoms with E-state index in [0.29, 0.717) is 22.7 Å². The van der Waals surface area contributed by atoms with Crippen LogP contribution in [0.15, 0.2) is 108 Å². The molecule has 0 fully saturated rings. The largest absolute Gasteiger partial charge is 0.436 e. The lowest BCUT2D eigenvalue weighted by Gasteiger charge is -2.18. The highest BCUT2D eigenvalue weighted by Gasteiger charge is 2.23. The van der Waals surface area contributed by atoms with Gasteiger partial charge in [-0.2, -0.15) is 0 Å². The zero-order chi connectivity index (χ0) is 24.2. The van der Waals surface area contributed by atoms with Crippen LogP contribution in [0.5, 0.6) is 0 Å². The maximum atomic E-state index is 13.3. The van der Waals surface area contributed by atoms with Gasteiger partial charge in [0.05, 0.1) is 5.92 Å². The van der Waals surface area contributed by atoms with Crippen LogP contribution in [0, 0.1) is 6.92 Å². The Morgan fingerprint density at radius 1 is 0.857 bits per heavy atom. The van der Waals surface area contributed by atoms with Gasteiger partial charge in [-0.3, -0.25) is 4.79 Å². The number of aryl methyl sites for hydroxylation is 1. The fourth-order valence-corrected chi connectivity index (χ4v) is 4.28. The van der Waals surface area contributed by atoms with Gasteiger partial charge in [0.15, 0.2) is 10.7 Å². The summed E-state index contributed by atoms with van der Waals surface area (Å²) in [6.07, 6.45) is 0. The molecule has 4 aromatic carbocycles. The Bertz CT molecular complexity index is 1460. The van der Waals surface area contributed by atoms with Gasteiger partial charge in [0.2, 0.25) is 11.8 Å². The number of anilines is 1. The van der Waals surface area contributed by atoms with Gasteiger partial charge in [-0.25, -0.2) is 4.98 Å². The third kappa shape index (κ3) is 4.98. The van der Waals surface area contributed by atoms with Crippen molar-refractivity contribution in [3.63, 3.8) is 0 Å². The number of aromatic nitrogens is 1. The quantitative estimate of drug-likeness (QED) is 0.285. The summed E-state index contributed by atoms with van der Waals surface area (Å²) in [6, 6.07) is 32.8. The van der Waals surface area contributed by atoms with Crippen LogP contribution in [0.4, 0.5) is 5.69 Å². The smallest absolute Gasteiger partial charge is 0.238 e. The molecule has 0 saturated heterocycles. The van der Waals surface area contributed by atoms with Crippen molar-refractivity contribution in [2.45, 2.75) is 12.8 Å². The molecule has 0 bridgehead atoms. The SMILES string of the molecule is Cc1ccccc1-c1nc2cc(NC(=S)NC(=O)C(c3ccccc3)c3ccccc3)ccc2o1. The Labute approximate surface area is 208 Å². The highest BCUT2D eigenvalue weighted by atomic mass is 32.1. The van der Waals surface area contributed by atoms with Crippen molar-refractivity contribution in [3.05, 3.63) is 120 Å². The number of carbonyl (C=O) groups is 1. The molecule has 1 heterocycles. The molecule has 0 saturated carbocycles. The van der Waals surface area contributed by atoms with Gasteiger partial charge in [-0.1, -0.05) is 78.9 Å². The van der Waals surface area contributed by atoms with Crippen LogP contribution in [-0.4, -0.2) is 16.0 Å². The van der Waals surface area contributed by atoms with Gasteiger partial charge >= 0.3 is 0 Å². The number of oxazole rings is 1. The Balaban J connectivity index is 1.34. The van der Waals surface area contributed by atoms with Crippen LogP contribution in [0.25, 0.3) is 22.6 Å². The number of nitrogens with zero attached hydrogens (tertiary/aromatic N) is 1. The zero-order valence-corrected chi connectivity index (χ0v) is 19.9. The number of rotatable bonds is 5. The molecule has 0 spiro atoms. The van der Waals surface area contributed by atoms with Crippen molar-refractivity contribution < 1.29 is 9.21 Å². The van der Waals surface area contributed by atoms with E-state index >= 15 is 0 Å². The van der Waals surface area contributed by atoms with Crippen molar-refractivity contribution in [1.82, 2.24) is 10.3 Å². The number of thiocarbonyl (C=S) groups is 1. The molecule has 1 aromatic heterocycles. The second-order valence-electron chi connectivity index (χ2n) is 8.21. The average Bonchev–Trinajstić information content (AvgIpc) is 3.29. The lowest BCUT2D eigenvalue weighted by molar-refractivity contribution is -0.120. The first kappa shape index (κ1) is 22.5. The van der Waals surface area contributed by atoms with Crippen molar-refractivity contribution in [3.8, 4) is 11.5 Å². The Hall–Kier alpha value is -4.29. The molecule has 0 aliphatic carbocycles. The number of benzene rings is 4. The van der Waals surface area contributed by atoms with Gasteiger partial charge in [-0.05, 0) is 60.1 Å². The summed E-state index contributed by atoms with van der Waals surface area (Å²) in [4.78, 5) is 17.9. The number of nitrogens with one attached hydrogen (secondary N) is 2. The summed E-state index contributed by atoms with van der Waals surface area (Å²) in [5.41, 5.74) is 5.93. The molecule has 0 aliphatic rings. The fourth-order valence-electron chi connectivity index (χ4n) is 4.07. The van der Waals surface area contributed by atoms with Crippen LogP contribution >= 0.6 is 12.2 Å². The van der Waals surface area contributed by atoms with Gasteiger partial charge < -0.3 is 15.1 Å². The Morgan fingerprint density at radius 3 is 2.14 bits per heavy atom. The monoisotopic (exact) mass is 477 g/mol. The molecule has 0 atom stereocenters. The molecule has 0 radical (unpaired) electrons. The van der Waals surface area contributed by atoms with Crippen molar-refractivity contribution in [2.24, 2.45) is 0 Å². The molecule has 5 aromatic rings.